The predicted molar refractivity (Wildman–Crippen MR) is 81.8 cm³/mol. The average Bonchev–Trinajstić information content (AvgIpc) is 3.08. The third-order valence-electron chi connectivity index (χ3n) is 4.33. The third-order valence-corrected chi connectivity index (χ3v) is 4.33. The molecule has 1 aliphatic carbocycles. The van der Waals surface area contributed by atoms with Crippen LogP contribution in [0.4, 0.5) is 0 Å². The Morgan fingerprint density at radius 2 is 2.05 bits per heavy atom. The molecule has 0 radical (unpaired) electrons. The van der Waals surface area contributed by atoms with Gasteiger partial charge in [-0.1, -0.05) is 30.3 Å². The number of nitrogens with one attached hydrogen (secondary N) is 1. The Bertz CT molecular complexity index is 874. The van der Waals surface area contributed by atoms with Crippen LogP contribution in [-0.2, 0) is 19.3 Å². The SMILES string of the molecule is Cc1[nH]n2c(=O)c3c(nc2c1Cc1ccccc1)CCC3. The molecule has 2 heterocycles. The van der Waals surface area contributed by atoms with Crippen LogP contribution in [0.2, 0.25) is 0 Å². The highest BCUT2D eigenvalue weighted by molar-refractivity contribution is 5.53. The van der Waals surface area contributed by atoms with E-state index in [9.17, 15) is 4.79 Å². The summed E-state index contributed by atoms with van der Waals surface area (Å²) in [6, 6.07) is 10.3. The van der Waals surface area contributed by atoms with Gasteiger partial charge in [0, 0.05) is 23.2 Å². The fourth-order valence-corrected chi connectivity index (χ4v) is 3.21. The summed E-state index contributed by atoms with van der Waals surface area (Å²) >= 11 is 0. The quantitative estimate of drug-likeness (QED) is 0.783. The summed E-state index contributed by atoms with van der Waals surface area (Å²) in [5.74, 6) is 0. The minimum atomic E-state index is 0.0786. The molecular weight excluding hydrogens is 262 g/mol. The van der Waals surface area contributed by atoms with Crippen LogP contribution in [0.15, 0.2) is 35.1 Å². The second-order valence-electron chi connectivity index (χ2n) is 5.73. The lowest BCUT2D eigenvalue weighted by molar-refractivity contribution is 0.856. The van der Waals surface area contributed by atoms with Crippen LogP contribution in [0.5, 0.6) is 0 Å². The number of nitrogens with zero attached hydrogens (tertiary/aromatic N) is 2. The molecule has 0 saturated heterocycles. The molecule has 0 amide bonds. The fourth-order valence-electron chi connectivity index (χ4n) is 3.21. The van der Waals surface area contributed by atoms with Crippen molar-refractivity contribution in [3.8, 4) is 0 Å². The van der Waals surface area contributed by atoms with Gasteiger partial charge in [-0.05, 0) is 31.7 Å². The number of aromatic nitrogens is 3. The van der Waals surface area contributed by atoms with Gasteiger partial charge in [-0.25, -0.2) is 9.50 Å². The van der Waals surface area contributed by atoms with Crippen LogP contribution in [-0.4, -0.2) is 14.6 Å². The Kier molecular flexibility index (Phi) is 2.70. The van der Waals surface area contributed by atoms with E-state index in [2.05, 4.69) is 17.2 Å². The summed E-state index contributed by atoms with van der Waals surface area (Å²) < 4.78 is 1.62. The smallest absolute Gasteiger partial charge is 0.276 e. The van der Waals surface area contributed by atoms with Crippen molar-refractivity contribution in [3.63, 3.8) is 0 Å². The van der Waals surface area contributed by atoms with E-state index in [0.29, 0.717) is 0 Å². The minimum Gasteiger partial charge on any atom is -0.294 e. The Labute approximate surface area is 122 Å². The molecule has 106 valence electrons. The van der Waals surface area contributed by atoms with Gasteiger partial charge in [0.2, 0.25) is 0 Å². The number of aromatic amines is 1. The van der Waals surface area contributed by atoms with Gasteiger partial charge in [-0.2, -0.15) is 0 Å². The first kappa shape index (κ1) is 12.4. The molecule has 4 heteroatoms. The normalized spacial score (nSPS) is 13.8. The molecule has 0 saturated carbocycles. The monoisotopic (exact) mass is 279 g/mol. The first-order valence-corrected chi connectivity index (χ1v) is 7.40. The maximum absolute atomic E-state index is 12.5. The first-order chi connectivity index (χ1) is 10.2. The zero-order valence-electron chi connectivity index (χ0n) is 12.0. The van der Waals surface area contributed by atoms with Gasteiger partial charge < -0.3 is 0 Å². The number of benzene rings is 1. The summed E-state index contributed by atoms with van der Waals surface area (Å²) in [7, 11) is 0. The van der Waals surface area contributed by atoms with E-state index in [0.717, 1.165) is 53.8 Å². The van der Waals surface area contributed by atoms with Gasteiger partial charge in [0.15, 0.2) is 5.65 Å². The van der Waals surface area contributed by atoms with Gasteiger partial charge in [-0.15, -0.1) is 0 Å². The second kappa shape index (κ2) is 4.58. The van der Waals surface area contributed by atoms with Crippen molar-refractivity contribution in [2.75, 3.05) is 0 Å². The number of rotatable bonds is 2. The van der Waals surface area contributed by atoms with Gasteiger partial charge in [0.1, 0.15) is 0 Å². The van der Waals surface area contributed by atoms with Crippen LogP contribution < -0.4 is 5.56 Å². The number of H-pyrrole nitrogens is 1. The van der Waals surface area contributed by atoms with E-state index in [1.54, 1.807) is 4.52 Å². The predicted octanol–water partition coefficient (Wildman–Crippen LogP) is 2.41. The Hall–Kier alpha value is -2.36. The molecule has 2 aromatic heterocycles. The molecular formula is C17H17N3O. The van der Waals surface area contributed by atoms with Crippen molar-refractivity contribution in [2.45, 2.75) is 32.6 Å². The highest BCUT2D eigenvalue weighted by Crippen LogP contribution is 2.21. The molecule has 0 atom stereocenters. The maximum Gasteiger partial charge on any atom is 0.276 e. The number of fused-ring (bicyclic) bond motifs is 2. The molecule has 0 fully saturated rings. The zero-order valence-corrected chi connectivity index (χ0v) is 12.0. The summed E-state index contributed by atoms with van der Waals surface area (Å²) in [5, 5.41) is 3.19. The van der Waals surface area contributed by atoms with Gasteiger partial charge >= 0.3 is 0 Å². The van der Waals surface area contributed by atoms with Crippen molar-refractivity contribution in [1.82, 2.24) is 14.6 Å². The molecule has 1 aliphatic rings. The Morgan fingerprint density at radius 1 is 1.24 bits per heavy atom. The van der Waals surface area contributed by atoms with Crippen LogP contribution in [0.1, 0.15) is 34.5 Å². The largest absolute Gasteiger partial charge is 0.294 e. The van der Waals surface area contributed by atoms with Gasteiger partial charge in [-0.3, -0.25) is 9.89 Å². The Morgan fingerprint density at radius 3 is 2.86 bits per heavy atom. The molecule has 0 aliphatic heterocycles. The van der Waals surface area contributed by atoms with E-state index in [4.69, 9.17) is 4.98 Å². The lowest BCUT2D eigenvalue weighted by Gasteiger charge is -2.03. The van der Waals surface area contributed by atoms with E-state index >= 15 is 0 Å². The number of aryl methyl sites for hydroxylation is 2. The van der Waals surface area contributed by atoms with E-state index in [1.807, 2.05) is 25.1 Å². The lowest BCUT2D eigenvalue weighted by atomic mass is 10.1. The summed E-state index contributed by atoms with van der Waals surface area (Å²) in [6.45, 7) is 2.01. The second-order valence-corrected chi connectivity index (χ2v) is 5.73. The summed E-state index contributed by atoms with van der Waals surface area (Å²) in [6.07, 6.45) is 3.62. The summed E-state index contributed by atoms with van der Waals surface area (Å²) in [4.78, 5) is 17.3. The maximum atomic E-state index is 12.5. The Balaban J connectivity index is 1.92. The fraction of sp³-hybridized carbons (Fsp3) is 0.294. The van der Waals surface area contributed by atoms with Crippen molar-refractivity contribution >= 4 is 5.65 Å². The third kappa shape index (κ3) is 1.90. The van der Waals surface area contributed by atoms with Crippen LogP contribution in [0, 0.1) is 6.92 Å². The lowest BCUT2D eigenvalue weighted by Crippen LogP contribution is -2.20. The molecule has 0 bridgehead atoms. The van der Waals surface area contributed by atoms with Gasteiger partial charge in [0.25, 0.3) is 5.56 Å². The zero-order chi connectivity index (χ0) is 14.4. The molecule has 4 nitrogen and oxygen atoms in total. The molecule has 0 unspecified atom stereocenters. The molecule has 4 rings (SSSR count). The van der Waals surface area contributed by atoms with E-state index in [1.165, 1.54) is 5.56 Å². The standard InChI is InChI=1S/C17H17N3O/c1-11-14(10-12-6-3-2-4-7-12)16-18-15-9-5-8-13(15)17(21)20(16)19-11/h2-4,6-7,19H,5,8-10H2,1H3. The molecule has 1 N–H and O–H groups in total. The van der Waals surface area contributed by atoms with Crippen molar-refractivity contribution in [2.24, 2.45) is 0 Å². The van der Waals surface area contributed by atoms with E-state index in [-0.39, 0.29) is 5.56 Å². The molecule has 1 aromatic carbocycles. The summed E-state index contributed by atoms with van der Waals surface area (Å²) in [5.41, 5.74) is 6.13. The molecule has 3 aromatic rings. The van der Waals surface area contributed by atoms with Crippen molar-refractivity contribution in [3.05, 3.63) is 68.8 Å². The van der Waals surface area contributed by atoms with Gasteiger partial charge in [0.05, 0.1) is 5.69 Å². The highest BCUT2D eigenvalue weighted by atomic mass is 16.1. The molecule has 21 heavy (non-hydrogen) atoms. The highest BCUT2D eigenvalue weighted by Gasteiger charge is 2.21. The topological polar surface area (TPSA) is 50.2 Å². The van der Waals surface area contributed by atoms with Crippen LogP contribution >= 0.6 is 0 Å². The average molecular weight is 279 g/mol. The van der Waals surface area contributed by atoms with Crippen LogP contribution in [0.25, 0.3) is 5.65 Å². The van der Waals surface area contributed by atoms with Crippen LogP contribution in [0.3, 0.4) is 0 Å². The number of hydrogen-bond donors (Lipinski definition) is 1. The van der Waals surface area contributed by atoms with Crippen molar-refractivity contribution in [1.29, 1.82) is 0 Å². The minimum absolute atomic E-state index is 0.0786. The number of hydrogen-bond acceptors (Lipinski definition) is 2. The van der Waals surface area contributed by atoms with E-state index < -0.39 is 0 Å². The molecule has 0 spiro atoms. The van der Waals surface area contributed by atoms with Crippen molar-refractivity contribution < 1.29 is 0 Å². The first-order valence-electron chi connectivity index (χ1n) is 7.40.